The Hall–Kier alpha value is -7.94. The van der Waals surface area contributed by atoms with Crippen molar-refractivity contribution < 1.29 is 0 Å². The highest BCUT2D eigenvalue weighted by Crippen LogP contribution is 2.40. The average molecular weight is 767 g/mol. The van der Waals surface area contributed by atoms with E-state index in [1.165, 1.54) is 43.4 Å². The van der Waals surface area contributed by atoms with E-state index in [1.54, 1.807) is 0 Å². The van der Waals surface area contributed by atoms with Crippen molar-refractivity contribution in [1.82, 2.24) is 0 Å². The highest BCUT2D eigenvalue weighted by Gasteiger charge is 2.16. The zero-order chi connectivity index (χ0) is 40.1. The number of nitrogens with zero attached hydrogens (tertiary/aromatic N) is 2. The molecule has 0 atom stereocenters. The molecule has 0 saturated heterocycles. The van der Waals surface area contributed by atoms with Gasteiger partial charge < -0.3 is 9.80 Å². The van der Waals surface area contributed by atoms with Gasteiger partial charge in [-0.15, -0.1) is 0 Å². The van der Waals surface area contributed by atoms with Crippen molar-refractivity contribution in [2.45, 2.75) is 0 Å². The second kappa shape index (κ2) is 16.5. The van der Waals surface area contributed by atoms with Crippen LogP contribution in [-0.2, 0) is 0 Å². The first-order valence-electron chi connectivity index (χ1n) is 20.5. The first-order valence-corrected chi connectivity index (χ1v) is 20.5. The molecule has 0 radical (unpaired) electrons. The summed E-state index contributed by atoms with van der Waals surface area (Å²) in [4.78, 5) is 4.69. The van der Waals surface area contributed by atoms with Crippen LogP contribution in [0.15, 0.2) is 231 Å². The molecule has 0 aliphatic carbocycles. The molecule has 0 aliphatic heterocycles. The van der Waals surface area contributed by atoms with E-state index in [1.807, 2.05) is 0 Å². The third-order valence-electron chi connectivity index (χ3n) is 11.2. The fourth-order valence-electron chi connectivity index (χ4n) is 8.31. The summed E-state index contributed by atoms with van der Waals surface area (Å²) < 4.78 is 0. The van der Waals surface area contributed by atoms with Crippen molar-refractivity contribution in [3.63, 3.8) is 0 Å². The normalized spacial score (nSPS) is 11.5. The molecule has 0 fully saturated rings. The Bertz CT molecular complexity index is 2900. The average Bonchev–Trinajstić information content (AvgIpc) is 3.32. The molecular weight excluding hydrogens is 725 g/mol. The van der Waals surface area contributed by atoms with Crippen molar-refractivity contribution in [3.8, 4) is 0 Å². The monoisotopic (exact) mass is 766 g/mol. The summed E-state index contributed by atoms with van der Waals surface area (Å²) in [6.45, 7) is 0. The minimum Gasteiger partial charge on any atom is -0.310 e. The maximum Gasteiger partial charge on any atom is 0.0540 e. The van der Waals surface area contributed by atoms with Crippen LogP contribution in [0.2, 0.25) is 0 Å². The molecule has 0 spiro atoms. The van der Waals surface area contributed by atoms with Crippen LogP contribution in [0.1, 0.15) is 22.3 Å². The molecule has 0 aliphatic rings. The highest BCUT2D eigenvalue weighted by atomic mass is 15.1. The summed E-state index contributed by atoms with van der Waals surface area (Å²) in [6.07, 6.45) is 8.89. The molecule has 2 heteroatoms. The largest absolute Gasteiger partial charge is 0.310 e. The molecule has 0 N–H and O–H groups in total. The molecule has 0 heterocycles. The predicted molar refractivity (Wildman–Crippen MR) is 259 cm³/mol. The van der Waals surface area contributed by atoms with Gasteiger partial charge >= 0.3 is 0 Å². The lowest BCUT2D eigenvalue weighted by atomic mass is 9.98. The summed E-state index contributed by atoms with van der Waals surface area (Å²) >= 11 is 0. The topological polar surface area (TPSA) is 6.48 Å². The molecule has 10 rings (SSSR count). The second-order valence-electron chi connectivity index (χ2n) is 15.0. The number of para-hydroxylation sites is 2. The van der Waals surface area contributed by atoms with Gasteiger partial charge in [-0.1, -0.05) is 194 Å². The van der Waals surface area contributed by atoms with Gasteiger partial charge in [0.05, 0.1) is 11.4 Å². The lowest BCUT2D eigenvalue weighted by molar-refractivity contribution is 1.30. The van der Waals surface area contributed by atoms with E-state index in [0.29, 0.717) is 0 Å². The van der Waals surface area contributed by atoms with Crippen LogP contribution in [0.3, 0.4) is 0 Å². The number of anilines is 6. The van der Waals surface area contributed by atoms with Gasteiger partial charge in [-0.3, -0.25) is 0 Å². The Morgan fingerprint density at radius 3 is 1.00 bits per heavy atom. The van der Waals surface area contributed by atoms with Gasteiger partial charge in [-0.25, -0.2) is 0 Å². The number of hydrogen-bond donors (Lipinski definition) is 0. The Morgan fingerprint density at radius 1 is 0.233 bits per heavy atom. The summed E-state index contributed by atoms with van der Waals surface area (Å²) in [6, 6.07) is 82.3. The third-order valence-corrected chi connectivity index (χ3v) is 11.2. The quantitative estimate of drug-likeness (QED) is 0.128. The van der Waals surface area contributed by atoms with Crippen molar-refractivity contribution in [2.75, 3.05) is 9.80 Å². The lowest BCUT2D eigenvalue weighted by Gasteiger charge is -2.27. The van der Waals surface area contributed by atoms with Gasteiger partial charge in [0.15, 0.2) is 0 Å². The van der Waals surface area contributed by atoms with Crippen molar-refractivity contribution in [1.29, 1.82) is 0 Å². The minimum absolute atomic E-state index is 1.12. The third kappa shape index (κ3) is 7.35. The molecule has 0 amide bonds. The number of rotatable bonds is 10. The maximum atomic E-state index is 2.34. The maximum absolute atomic E-state index is 2.34. The van der Waals surface area contributed by atoms with Crippen LogP contribution in [-0.4, -0.2) is 0 Å². The van der Waals surface area contributed by atoms with Gasteiger partial charge in [0.2, 0.25) is 0 Å². The fraction of sp³-hybridized carbons (Fsp3) is 0. The first-order chi connectivity index (χ1) is 29.8. The van der Waals surface area contributed by atoms with Crippen molar-refractivity contribution in [2.24, 2.45) is 0 Å². The number of benzene rings is 10. The smallest absolute Gasteiger partial charge is 0.0540 e. The van der Waals surface area contributed by atoms with E-state index < -0.39 is 0 Å². The van der Waals surface area contributed by atoms with Crippen LogP contribution >= 0.6 is 0 Å². The molecule has 0 unspecified atom stereocenters. The van der Waals surface area contributed by atoms with Crippen LogP contribution < -0.4 is 9.80 Å². The van der Waals surface area contributed by atoms with E-state index in [9.17, 15) is 0 Å². The zero-order valence-corrected chi connectivity index (χ0v) is 33.1. The van der Waals surface area contributed by atoms with Gasteiger partial charge in [-0.05, 0) is 104 Å². The zero-order valence-electron chi connectivity index (χ0n) is 33.1. The molecule has 0 aromatic heterocycles. The summed E-state index contributed by atoms with van der Waals surface area (Å²) in [5.74, 6) is 0. The predicted octanol–water partition coefficient (Wildman–Crippen LogP) is 16.4. The van der Waals surface area contributed by atoms with Gasteiger partial charge in [0, 0.05) is 33.5 Å². The second-order valence-corrected chi connectivity index (χ2v) is 15.0. The summed E-state index contributed by atoms with van der Waals surface area (Å²) in [5.41, 5.74) is 11.5. The number of fused-ring (bicyclic) bond motifs is 3. The molecular formula is C58H42N2. The standard InChI is InChI=1S/C58H42N2/c1-3-21-49(22-4-1)59(57-29-13-19-45-15-7-9-25-55(45)57)51-39-33-43(34-40-51)31-37-47-17-11-28-54-48(18-12-27-53(47)54)38-32-44-35-41-52(42-36-44)60(50-23-5-2-6-24-50)58-30-14-20-46-16-8-10-26-56(46)58/h1-42H/b37-31+,38-32+. The van der Waals surface area contributed by atoms with Crippen molar-refractivity contribution in [3.05, 3.63) is 253 Å². The molecule has 2 nitrogen and oxygen atoms in total. The van der Waals surface area contributed by atoms with E-state index in [4.69, 9.17) is 0 Å². The minimum atomic E-state index is 1.12. The van der Waals surface area contributed by atoms with E-state index in [0.717, 1.165) is 45.3 Å². The van der Waals surface area contributed by atoms with Crippen LogP contribution in [0.25, 0.3) is 56.6 Å². The van der Waals surface area contributed by atoms with Gasteiger partial charge in [0.1, 0.15) is 0 Å². The summed E-state index contributed by atoms with van der Waals surface area (Å²) in [5, 5.41) is 7.34. The lowest BCUT2D eigenvalue weighted by Crippen LogP contribution is -2.10. The molecule has 284 valence electrons. The Kier molecular flexibility index (Phi) is 10.0. The fourth-order valence-corrected chi connectivity index (χ4v) is 8.31. The Balaban J connectivity index is 0.909. The summed E-state index contributed by atoms with van der Waals surface area (Å²) in [7, 11) is 0. The van der Waals surface area contributed by atoms with Gasteiger partial charge in [0.25, 0.3) is 0 Å². The number of hydrogen-bond acceptors (Lipinski definition) is 2. The molecule has 10 aromatic carbocycles. The Morgan fingerprint density at radius 2 is 0.567 bits per heavy atom. The molecule has 10 aromatic rings. The molecule has 60 heavy (non-hydrogen) atoms. The first kappa shape index (κ1) is 36.4. The van der Waals surface area contributed by atoms with Gasteiger partial charge in [-0.2, -0.15) is 0 Å². The van der Waals surface area contributed by atoms with Crippen LogP contribution in [0, 0.1) is 0 Å². The van der Waals surface area contributed by atoms with E-state index in [2.05, 4.69) is 265 Å². The molecule has 0 bridgehead atoms. The molecule has 0 saturated carbocycles. The highest BCUT2D eigenvalue weighted by molar-refractivity contribution is 6.01. The SMILES string of the molecule is C(=C\c1cccc2c(/C=C/c3ccc(N(c4ccccc4)c4cccc5ccccc45)cc3)cccc12)/c1ccc(N(c2ccccc2)c2cccc3ccccc23)cc1. The van der Waals surface area contributed by atoms with Crippen molar-refractivity contribution >= 4 is 90.7 Å². The van der Waals surface area contributed by atoms with Crippen LogP contribution in [0.4, 0.5) is 34.1 Å². The van der Waals surface area contributed by atoms with E-state index in [-0.39, 0.29) is 0 Å². The van der Waals surface area contributed by atoms with E-state index >= 15 is 0 Å². The Labute approximate surface area is 351 Å². The van der Waals surface area contributed by atoms with Crippen LogP contribution in [0.5, 0.6) is 0 Å².